The Morgan fingerprint density at radius 2 is 1.77 bits per heavy atom. The summed E-state index contributed by atoms with van der Waals surface area (Å²) < 4.78 is 0. The fourth-order valence-corrected chi connectivity index (χ4v) is 3.37. The number of aromatic hydroxyl groups is 1. The molecule has 2 unspecified atom stereocenters. The van der Waals surface area contributed by atoms with Gasteiger partial charge in [0.05, 0.1) is 34.3 Å². The van der Waals surface area contributed by atoms with E-state index in [1.807, 2.05) is 0 Å². The Balaban J connectivity index is 2.24. The largest absolute Gasteiger partial charge is 0.506 e. The average Bonchev–Trinajstić information content (AvgIpc) is 2.63. The normalized spacial score (nSPS) is 19.5. The number of nitriles is 2. The Hall–Kier alpha value is -2.79. The maximum absolute atomic E-state index is 9.84. The smallest absolute Gasteiger partial charge is 0.134 e. The third-order valence-corrected chi connectivity index (χ3v) is 4.90. The lowest BCUT2D eigenvalue weighted by Gasteiger charge is -2.28. The Morgan fingerprint density at radius 1 is 1.08 bits per heavy atom. The summed E-state index contributed by atoms with van der Waals surface area (Å²) in [6, 6.07) is 16.2. The summed E-state index contributed by atoms with van der Waals surface area (Å²) in [5.74, 6) is -1.17. The number of benzene rings is 2. The molecule has 0 fully saturated rings. The van der Waals surface area contributed by atoms with Gasteiger partial charge in [0.15, 0.2) is 0 Å². The summed E-state index contributed by atoms with van der Waals surface area (Å²) in [6.45, 7) is 1.77. The van der Waals surface area contributed by atoms with E-state index in [0.29, 0.717) is 27.6 Å². The molecule has 26 heavy (non-hydrogen) atoms. The van der Waals surface area contributed by atoms with Gasteiger partial charge in [-0.2, -0.15) is 10.5 Å². The van der Waals surface area contributed by atoms with Gasteiger partial charge < -0.3 is 5.11 Å². The van der Waals surface area contributed by atoms with Gasteiger partial charge in [-0.05, 0) is 36.8 Å². The molecule has 6 heteroatoms. The number of nitrogens with zero attached hydrogens (tertiary/aromatic N) is 3. The molecule has 128 valence electrons. The zero-order valence-corrected chi connectivity index (χ0v) is 15.3. The average molecular weight is 382 g/mol. The van der Waals surface area contributed by atoms with Crippen LogP contribution in [0.25, 0.3) is 5.70 Å². The molecule has 1 heterocycles. The van der Waals surface area contributed by atoms with E-state index in [4.69, 9.17) is 23.2 Å². The van der Waals surface area contributed by atoms with E-state index in [-0.39, 0.29) is 10.8 Å². The quantitative estimate of drug-likeness (QED) is 0.762. The zero-order valence-electron chi connectivity index (χ0n) is 13.7. The minimum atomic E-state index is -0.596. The van der Waals surface area contributed by atoms with Crippen LogP contribution in [0.15, 0.2) is 53.0 Å². The summed E-state index contributed by atoms with van der Waals surface area (Å²) in [6.07, 6.45) is 0. The summed E-state index contributed by atoms with van der Waals surface area (Å²) in [5, 5.41) is 29.9. The van der Waals surface area contributed by atoms with Crippen molar-refractivity contribution in [2.24, 2.45) is 10.9 Å². The van der Waals surface area contributed by atoms with E-state index in [1.54, 1.807) is 43.3 Å². The molecule has 3 rings (SSSR count). The Kier molecular flexibility index (Phi) is 5.00. The van der Waals surface area contributed by atoms with Crippen LogP contribution in [0.2, 0.25) is 10.0 Å². The minimum Gasteiger partial charge on any atom is -0.506 e. The molecular formula is C20H13Cl2N3O. The highest BCUT2D eigenvalue weighted by Crippen LogP contribution is 2.42. The Bertz CT molecular complexity index is 1010. The van der Waals surface area contributed by atoms with Crippen molar-refractivity contribution in [3.8, 4) is 17.9 Å². The van der Waals surface area contributed by atoms with Crippen LogP contribution in [0.1, 0.15) is 24.0 Å². The molecule has 0 amide bonds. The van der Waals surface area contributed by atoms with E-state index in [9.17, 15) is 15.6 Å². The molecule has 1 aliphatic rings. The lowest BCUT2D eigenvalue weighted by Crippen LogP contribution is -2.25. The first-order valence-electron chi connectivity index (χ1n) is 7.79. The number of phenolic OH excluding ortho intramolecular Hbond substituents is 1. The molecule has 2 aromatic rings. The summed E-state index contributed by atoms with van der Waals surface area (Å²) in [5.41, 5.74) is 2.94. The first-order chi connectivity index (χ1) is 12.5. The van der Waals surface area contributed by atoms with Crippen LogP contribution in [-0.4, -0.2) is 10.8 Å². The van der Waals surface area contributed by atoms with E-state index in [0.717, 1.165) is 5.56 Å². The standard InChI is InChI=1S/C20H13Cl2N3O/c1-11-15(9-23)19(13-4-7-18(26)17(22)8-13)16(10-24)20(25-11)12-2-5-14(21)6-3-12/h2-8,15,19,26H,1H3. The Morgan fingerprint density at radius 3 is 2.35 bits per heavy atom. The van der Waals surface area contributed by atoms with E-state index in [2.05, 4.69) is 17.1 Å². The Labute approximate surface area is 161 Å². The third-order valence-electron chi connectivity index (χ3n) is 4.35. The van der Waals surface area contributed by atoms with Crippen LogP contribution in [0.5, 0.6) is 5.75 Å². The molecule has 0 saturated carbocycles. The topological polar surface area (TPSA) is 80.2 Å². The van der Waals surface area contributed by atoms with Gasteiger partial charge in [-0.3, -0.25) is 4.99 Å². The predicted molar refractivity (Wildman–Crippen MR) is 102 cm³/mol. The van der Waals surface area contributed by atoms with Gasteiger partial charge in [0.1, 0.15) is 5.75 Å². The van der Waals surface area contributed by atoms with Gasteiger partial charge in [-0.25, -0.2) is 0 Å². The number of hydrogen-bond acceptors (Lipinski definition) is 4. The molecule has 2 atom stereocenters. The van der Waals surface area contributed by atoms with Gasteiger partial charge in [0.25, 0.3) is 0 Å². The summed E-state index contributed by atoms with van der Waals surface area (Å²) in [4.78, 5) is 4.53. The lowest BCUT2D eigenvalue weighted by atomic mass is 9.76. The van der Waals surface area contributed by atoms with Crippen molar-refractivity contribution in [1.82, 2.24) is 0 Å². The number of phenols is 1. The van der Waals surface area contributed by atoms with Crippen molar-refractivity contribution < 1.29 is 5.11 Å². The highest BCUT2D eigenvalue weighted by atomic mass is 35.5. The highest BCUT2D eigenvalue weighted by Gasteiger charge is 2.35. The van der Waals surface area contributed by atoms with Gasteiger partial charge in [0, 0.05) is 22.2 Å². The highest BCUT2D eigenvalue weighted by molar-refractivity contribution is 6.32. The second-order valence-electron chi connectivity index (χ2n) is 5.93. The lowest BCUT2D eigenvalue weighted by molar-refractivity contribution is 0.475. The van der Waals surface area contributed by atoms with Crippen LogP contribution in [0.4, 0.5) is 0 Å². The SMILES string of the molecule is CC1=NC(c2ccc(Cl)cc2)=C(C#N)C(c2ccc(O)c(Cl)c2)C1C#N. The van der Waals surface area contributed by atoms with Crippen molar-refractivity contribution >= 4 is 34.6 Å². The van der Waals surface area contributed by atoms with Gasteiger partial charge >= 0.3 is 0 Å². The fraction of sp³-hybridized carbons (Fsp3) is 0.150. The predicted octanol–water partition coefficient (Wildman–Crippen LogP) is 5.33. The number of aliphatic imine (C=N–C) groups is 1. The molecule has 1 aliphatic heterocycles. The summed E-state index contributed by atoms with van der Waals surface area (Å²) in [7, 11) is 0. The van der Waals surface area contributed by atoms with Crippen molar-refractivity contribution in [3.63, 3.8) is 0 Å². The number of hydrogen-bond donors (Lipinski definition) is 1. The number of allylic oxidation sites excluding steroid dienone is 1. The minimum absolute atomic E-state index is 0.0504. The second-order valence-corrected chi connectivity index (χ2v) is 6.77. The molecule has 0 radical (unpaired) electrons. The van der Waals surface area contributed by atoms with E-state index >= 15 is 0 Å². The van der Waals surface area contributed by atoms with Gasteiger partial charge in [-0.1, -0.05) is 41.4 Å². The number of rotatable bonds is 2. The molecular weight excluding hydrogens is 369 g/mol. The maximum Gasteiger partial charge on any atom is 0.134 e. The number of halogens is 2. The molecule has 4 nitrogen and oxygen atoms in total. The fourth-order valence-electron chi connectivity index (χ4n) is 3.06. The monoisotopic (exact) mass is 381 g/mol. The molecule has 0 bridgehead atoms. The molecule has 2 aromatic carbocycles. The van der Waals surface area contributed by atoms with Crippen molar-refractivity contribution in [2.45, 2.75) is 12.8 Å². The van der Waals surface area contributed by atoms with Gasteiger partial charge in [0.2, 0.25) is 0 Å². The van der Waals surface area contributed by atoms with Crippen LogP contribution in [0.3, 0.4) is 0 Å². The first-order valence-corrected chi connectivity index (χ1v) is 8.55. The molecule has 0 spiro atoms. The van der Waals surface area contributed by atoms with Crippen LogP contribution < -0.4 is 0 Å². The van der Waals surface area contributed by atoms with Crippen LogP contribution in [0, 0.1) is 28.6 Å². The van der Waals surface area contributed by atoms with E-state index in [1.165, 1.54) is 6.07 Å². The third kappa shape index (κ3) is 3.18. The molecule has 0 aliphatic carbocycles. The maximum atomic E-state index is 9.84. The van der Waals surface area contributed by atoms with Crippen LogP contribution >= 0.6 is 23.2 Å². The molecule has 0 saturated heterocycles. The second kappa shape index (κ2) is 7.22. The van der Waals surface area contributed by atoms with Crippen molar-refractivity contribution in [3.05, 3.63) is 69.2 Å². The van der Waals surface area contributed by atoms with E-state index < -0.39 is 11.8 Å². The molecule has 0 aromatic heterocycles. The van der Waals surface area contributed by atoms with Crippen molar-refractivity contribution in [1.29, 1.82) is 10.5 Å². The van der Waals surface area contributed by atoms with Crippen LogP contribution in [-0.2, 0) is 0 Å². The first kappa shape index (κ1) is 18.0. The van der Waals surface area contributed by atoms with Gasteiger partial charge in [-0.15, -0.1) is 0 Å². The zero-order chi connectivity index (χ0) is 18.8. The van der Waals surface area contributed by atoms with Crippen molar-refractivity contribution in [2.75, 3.05) is 0 Å². The molecule has 1 N–H and O–H groups in total. The summed E-state index contributed by atoms with van der Waals surface area (Å²) >= 11 is 12.0.